The van der Waals surface area contributed by atoms with Crippen LogP contribution >= 0.6 is 0 Å². The van der Waals surface area contributed by atoms with E-state index in [4.69, 9.17) is 4.98 Å². The Morgan fingerprint density at radius 1 is 0.919 bits per heavy atom. The molecule has 6 nitrogen and oxygen atoms in total. The van der Waals surface area contributed by atoms with Crippen molar-refractivity contribution in [2.75, 3.05) is 6.54 Å². The van der Waals surface area contributed by atoms with Gasteiger partial charge in [-0.15, -0.1) is 0 Å². The minimum absolute atomic E-state index is 0.130. The number of nitrogens with one attached hydrogen (secondary N) is 1. The van der Waals surface area contributed by atoms with E-state index in [9.17, 15) is 9.59 Å². The lowest BCUT2D eigenvalue weighted by molar-refractivity contribution is 0.163. The van der Waals surface area contributed by atoms with Crippen LogP contribution in [0.4, 0.5) is 4.79 Å². The SMILES string of the molecule is CCCCNC(=O)N(Cc1ccccc1)C(CC)c1nc2ccccc2c(=O)n1-c1ccc(CC)cc1. The van der Waals surface area contributed by atoms with E-state index in [0.29, 0.717) is 36.2 Å². The number of aryl methyl sites for hydroxylation is 1. The van der Waals surface area contributed by atoms with Crippen LogP contribution in [0.2, 0.25) is 0 Å². The van der Waals surface area contributed by atoms with Gasteiger partial charge in [0.25, 0.3) is 5.56 Å². The Morgan fingerprint density at radius 3 is 2.30 bits per heavy atom. The minimum atomic E-state index is -0.412. The third-order valence-electron chi connectivity index (χ3n) is 6.73. The van der Waals surface area contributed by atoms with Gasteiger partial charge in [-0.05, 0) is 54.7 Å². The lowest BCUT2D eigenvalue weighted by atomic mass is 10.1. The molecule has 4 aromatic rings. The summed E-state index contributed by atoms with van der Waals surface area (Å²) in [5, 5.41) is 3.64. The number of para-hydroxylation sites is 1. The smallest absolute Gasteiger partial charge is 0.318 e. The first-order valence-electron chi connectivity index (χ1n) is 13.3. The molecular formula is C31H36N4O2. The molecule has 37 heavy (non-hydrogen) atoms. The van der Waals surface area contributed by atoms with Crippen LogP contribution in [-0.2, 0) is 13.0 Å². The number of aromatic nitrogens is 2. The first-order valence-corrected chi connectivity index (χ1v) is 13.3. The number of rotatable bonds is 10. The van der Waals surface area contributed by atoms with E-state index in [1.807, 2.05) is 90.7 Å². The van der Waals surface area contributed by atoms with Crippen molar-refractivity contribution in [2.45, 2.75) is 59.0 Å². The van der Waals surface area contributed by atoms with Crippen LogP contribution in [0.5, 0.6) is 0 Å². The molecule has 0 aliphatic carbocycles. The van der Waals surface area contributed by atoms with Crippen molar-refractivity contribution in [3.05, 3.63) is 106 Å². The molecule has 1 atom stereocenters. The van der Waals surface area contributed by atoms with E-state index in [-0.39, 0.29) is 11.6 Å². The van der Waals surface area contributed by atoms with Gasteiger partial charge in [0.05, 0.1) is 22.6 Å². The molecule has 3 aromatic carbocycles. The first kappa shape index (κ1) is 26.1. The topological polar surface area (TPSA) is 67.2 Å². The Labute approximate surface area is 219 Å². The van der Waals surface area contributed by atoms with E-state index in [0.717, 1.165) is 30.5 Å². The average Bonchev–Trinajstić information content (AvgIpc) is 2.94. The Bertz CT molecular complexity index is 1380. The van der Waals surface area contributed by atoms with Crippen LogP contribution in [0.25, 0.3) is 16.6 Å². The number of unbranched alkanes of at least 4 members (excludes halogenated alkanes) is 1. The summed E-state index contributed by atoms with van der Waals surface area (Å²) in [6.45, 7) is 7.26. The lowest BCUT2D eigenvalue weighted by Crippen LogP contribution is -2.44. The fourth-order valence-electron chi connectivity index (χ4n) is 4.62. The average molecular weight is 497 g/mol. The zero-order chi connectivity index (χ0) is 26.2. The molecule has 1 N–H and O–H groups in total. The largest absolute Gasteiger partial charge is 0.338 e. The number of fused-ring (bicyclic) bond motifs is 1. The zero-order valence-electron chi connectivity index (χ0n) is 22.0. The van der Waals surface area contributed by atoms with Crippen LogP contribution in [0.3, 0.4) is 0 Å². The number of hydrogen-bond donors (Lipinski definition) is 1. The van der Waals surface area contributed by atoms with Gasteiger partial charge >= 0.3 is 6.03 Å². The molecule has 0 bridgehead atoms. The van der Waals surface area contributed by atoms with Crippen LogP contribution in [-0.4, -0.2) is 27.0 Å². The number of amides is 2. The first-order chi connectivity index (χ1) is 18.1. The molecule has 0 radical (unpaired) electrons. The van der Waals surface area contributed by atoms with Crippen LogP contribution < -0.4 is 10.9 Å². The maximum atomic E-state index is 13.9. The van der Waals surface area contributed by atoms with E-state index in [1.165, 1.54) is 5.56 Å². The van der Waals surface area contributed by atoms with Crippen molar-refractivity contribution < 1.29 is 4.79 Å². The summed E-state index contributed by atoms with van der Waals surface area (Å²) in [5.74, 6) is 0.567. The van der Waals surface area contributed by atoms with Crippen LogP contribution in [0, 0.1) is 0 Å². The predicted octanol–water partition coefficient (Wildman–Crippen LogP) is 6.41. The van der Waals surface area contributed by atoms with Crippen molar-refractivity contribution in [2.24, 2.45) is 0 Å². The molecule has 4 rings (SSSR count). The second kappa shape index (κ2) is 12.3. The standard InChI is InChI=1S/C31H36N4O2/c1-4-7-21-32-31(37)34(22-24-13-9-8-10-14-24)28(6-3)29-33-27-16-12-11-15-26(27)30(36)35(29)25-19-17-23(5-2)18-20-25/h8-20,28H,4-7,21-22H2,1-3H3,(H,32,37). The molecular weight excluding hydrogens is 460 g/mol. The van der Waals surface area contributed by atoms with E-state index < -0.39 is 6.04 Å². The molecule has 1 heterocycles. The van der Waals surface area contributed by atoms with Crippen molar-refractivity contribution in [1.82, 2.24) is 19.8 Å². The fourth-order valence-corrected chi connectivity index (χ4v) is 4.62. The van der Waals surface area contributed by atoms with Gasteiger partial charge in [-0.3, -0.25) is 9.36 Å². The van der Waals surface area contributed by atoms with Gasteiger partial charge in [0.15, 0.2) is 0 Å². The Kier molecular flexibility index (Phi) is 8.72. The van der Waals surface area contributed by atoms with Crippen molar-refractivity contribution in [3.63, 3.8) is 0 Å². The van der Waals surface area contributed by atoms with Crippen molar-refractivity contribution in [3.8, 4) is 5.69 Å². The molecule has 192 valence electrons. The monoisotopic (exact) mass is 496 g/mol. The third-order valence-corrected chi connectivity index (χ3v) is 6.73. The third kappa shape index (κ3) is 5.91. The molecule has 0 aliphatic heterocycles. The van der Waals surface area contributed by atoms with Gasteiger partial charge in [-0.25, -0.2) is 9.78 Å². The predicted molar refractivity (Wildman–Crippen MR) is 150 cm³/mol. The molecule has 2 amide bonds. The molecule has 0 spiro atoms. The number of carbonyl (C=O) groups is 1. The van der Waals surface area contributed by atoms with Gasteiger partial charge < -0.3 is 10.2 Å². The summed E-state index contributed by atoms with van der Waals surface area (Å²) in [6.07, 6.45) is 3.42. The van der Waals surface area contributed by atoms with Gasteiger partial charge in [0.2, 0.25) is 0 Å². The highest BCUT2D eigenvalue weighted by Gasteiger charge is 2.29. The summed E-state index contributed by atoms with van der Waals surface area (Å²) in [5.41, 5.74) is 3.47. The molecule has 6 heteroatoms. The lowest BCUT2D eigenvalue weighted by Gasteiger charge is -2.32. The van der Waals surface area contributed by atoms with Gasteiger partial charge in [0, 0.05) is 13.1 Å². The Morgan fingerprint density at radius 2 is 1.62 bits per heavy atom. The van der Waals surface area contributed by atoms with Crippen molar-refractivity contribution in [1.29, 1.82) is 0 Å². The number of nitrogens with zero attached hydrogens (tertiary/aromatic N) is 3. The van der Waals surface area contributed by atoms with Crippen molar-refractivity contribution >= 4 is 16.9 Å². The highest BCUT2D eigenvalue weighted by atomic mass is 16.2. The Hall–Kier alpha value is -3.93. The van der Waals surface area contributed by atoms with Crippen LogP contribution in [0.1, 0.15) is 63.0 Å². The summed E-state index contributed by atoms with van der Waals surface area (Å²) < 4.78 is 1.69. The molecule has 0 saturated heterocycles. The number of hydrogen-bond acceptors (Lipinski definition) is 3. The molecule has 0 aliphatic rings. The highest BCUT2D eigenvalue weighted by molar-refractivity contribution is 5.78. The Balaban J connectivity index is 1.88. The summed E-state index contributed by atoms with van der Waals surface area (Å²) in [6, 6.07) is 24.8. The second-order valence-electron chi connectivity index (χ2n) is 9.27. The maximum absolute atomic E-state index is 13.9. The van der Waals surface area contributed by atoms with Gasteiger partial charge in [-0.2, -0.15) is 0 Å². The normalized spacial score (nSPS) is 11.9. The maximum Gasteiger partial charge on any atom is 0.318 e. The highest BCUT2D eigenvalue weighted by Crippen LogP contribution is 2.28. The quantitative estimate of drug-likeness (QED) is 0.258. The fraction of sp³-hybridized carbons (Fsp3) is 0.323. The van der Waals surface area contributed by atoms with Gasteiger partial charge in [0.1, 0.15) is 5.82 Å². The molecule has 1 unspecified atom stereocenters. The second-order valence-corrected chi connectivity index (χ2v) is 9.27. The van der Waals surface area contributed by atoms with Crippen LogP contribution in [0.15, 0.2) is 83.7 Å². The summed E-state index contributed by atoms with van der Waals surface area (Å²) in [7, 11) is 0. The van der Waals surface area contributed by atoms with E-state index in [1.54, 1.807) is 4.57 Å². The van der Waals surface area contributed by atoms with Gasteiger partial charge in [-0.1, -0.05) is 81.8 Å². The number of carbonyl (C=O) groups excluding carboxylic acids is 1. The summed E-state index contributed by atoms with van der Waals surface area (Å²) in [4.78, 5) is 34.3. The van der Waals surface area contributed by atoms with E-state index >= 15 is 0 Å². The zero-order valence-corrected chi connectivity index (χ0v) is 22.0. The number of benzene rings is 3. The number of urea groups is 1. The molecule has 0 fully saturated rings. The van der Waals surface area contributed by atoms with E-state index in [2.05, 4.69) is 19.2 Å². The molecule has 0 saturated carbocycles. The summed E-state index contributed by atoms with van der Waals surface area (Å²) >= 11 is 0. The molecule has 1 aromatic heterocycles. The minimum Gasteiger partial charge on any atom is -0.338 e.